The van der Waals surface area contributed by atoms with Gasteiger partial charge in [0.25, 0.3) is 0 Å². The third-order valence-corrected chi connectivity index (χ3v) is 4.75. The largest absolute Gasteiger partial charge is 0.298 e. The van der Waals surface area contributed by atoms with Crippen molar-refractivity contribution in [1.82, 2.24) is 9.80 Å². The third-order valence-electron chi connectivity index (χ3n) is 4.75. The van der Waals surface area contributed by atoms with Gasteiger partial charge in [-0.15, -0.1) is 0 Å². The van der Waals surface area contributed by atoms with Crippen molar-refractivity contribution in [3.63, 3.8) is 0 Å². The summed E-state index contributed by atoms with van der Waals surface area (Å²) in [5, 5.41) is 0. The Morgan fingerprint density at radius 3 is 3.00 bits per heavy atom. The number of carbonyl (C=O) groups excluding carboxylic acids is 1. The van der Waals surface area contributed by atoms with Crippen LogP contribution in [0, 0.1) is 6.92 Å². The molecule has 3 rings (SSSR count). The molecule has 2 unspecified atom stereocenters. The van der Waals surface area contributed by atoms with Crippen molar-refractivity contribution in [3.05, 3.63) is 35.4 Å². The fraction of sp³-hybridized carbons (Fsp3) is 0.588. The first-order valence-electron chi connectivity index (χ1n) is 7.71. The molecule has 0 saturated carbocycles. The Bertz CT molecular complexity index is 500. The van der Waals surface area contributed by atoms with E-state index in [1.54, 1.807) is 0 Å². The van der Waals surface area contributed by atoms with E-state index in [0.717, 1.165) is 24.2 Å². The molecule has 0 amide bonds. The second-order valence-corrected chi connectivity index (χ2v) is 6.36. The number of rotatable bonds is 3. The number of Topliss-reactive ketones (excluding diaryl/α,β-unsaturated/α-hetero) is 1. The summed E-state index contributed by atoms with van der Waals surface area (Å²) in [5.41, 5.74) is 2.01. The fourth-order valence-corrected chi connectivity index (χ4v) is 3.56. The first-order valence-corrected chi connectivity index (χ1v) is 7.71. The zero-order valence-electron chi connectivity index (χ0n) is 12.5. The second kappa shape index (κ2) is 5.66. The van der Waals surface area contributed by atoms with E-state index in [1.165, 1.54) is 19.4 Å². The maximum atomic E-state index is 12.4. The van der Waals surface area contributed by atoms with Crippen LogP contribution >= 0.6 is 0 Å². The summed E-state index contributed by atoms with van der Waals surface area (Å²) in [7, 11) is 0. The Morgan fingerprint density at radius 2 is 2.20 bits per heavy atom. The number of aryl methyl sites for hydroxylation is 1. The third kappa shape index (κ3) is 2.79. The molecular weight excluding hydrogens is 248 g/mol. The summed E-state index contributed by atoms with van der Waals surface area (Å²) in [4.78, 5) is 17.4. The monoisotopic (exact) mass is 272 g/mol. The summed E-state index contributed by atoms with van der Waals surface area (Å²) in [6.45, 7) is 8.27. The summed E-state index contributed by atoms with van der Waals surface area (Å²) in [5.74, 6) is 0.256. The van der Waals surface area contributed by atoms with Crippen LogP contribution in [0.2, 0.25) is 0 Å². The second-order valence-electron chi connectivity index (χ2n) is 6.36. The number of ketones is 1. The van der Waals surface area contributed by atoms with Gasteiger partial charge in [0.05, 0.1) is 6.54 Å². The zero-order chi connectivity index (χ0) is 14.1. The van der Waals surface area contributed by atoms with Gasteiger partial charge < -0.3 is 0 Å². The number of benzene rings is 1. The van der Waals surface area contributed by atoms with Gasteiger partial charge in [0.2, 0.25) is 0 Å². The molecule has 108 valence electrons. The van der Waals surface area contributed by atoms with Gasteiger partial charge in [-0.25, -0.2) is 0 Å². The molecule has 2 fully saturated rings. The molecule has 0 spiro atoms. The lowest BCUT2D eigenvalue weighted by molar-refractivity contribution is 0.0535. The van der Waals surface area contributed by atoms with Crippen LogP contribution in [0.3, 0.4) is 0 Å². The number of hydrogen-bond acceptors (Lipinski definition) is 3. The van der Waals surface area contributed by atoms with Crippen molar-refractivity contribution in [2.45, 2.75) is 38.8 Å². The topological polar surface area (TPSA) is 23.6 Å². The van der Waals surface area contributed by atoms with Crippen molar-refractivity contribution >= 4 is 5.78 Å². The molecule has 1 aromatic rings. The molecule has 20 heavy (non-hydrogen) atoms. The minimum atomic E-state index is 0.256. The van der Waals surface area contributed by atoms with E-state index in [4.69, 9.17) is 0 Å². The highest BCUT2D eigenvalue weighted by atomic mass is 16.1. The number of piperazine rings is 1. The normalized spacial score (nSPS) is 27.5. The van der Waals surface area contributed by atoms with Gasteiger partial charge in [0.15, 0.2) is 5.78 Å². The minimum absolute atomic E-state index is 0.256. The SMILES string of the molecule is Cc1cccc(C(=O)CN2CC3CCCN3CC2C)c1. The Labute approximate surface area is 121 Å². The summed E-state index contributed by atoms with van der Waals surface area (Å²) in [6.07, 6.45) is 2.61. The lowest BCUT2D eigenvalue weighted by Crippen LogP contribution is -2.55. The molecule has 2 atom stereocenters. The van der Waals surface area contributed by atoms with Crippen LogP contribution in [0.15, 0.2) is 24.3 Å². The van der Waals surface area contributed by atoms with Crippen molar-refractivity contribution in [1.29, 1.82) is 0 Å². The van der Waals surface area contributed by atoms with Crippen LogP contribution in [-0.2, 0) is 0 Å². The van der Waals surface area contributed by atoms with Crippen LogP contribution in [0.25, 0.3) is 0 Å². The molecule has 2 saturated heterocycles. The van der Waals surface area contributed by atoms with Crippen LogP contribution in [0.5, 0.6) is 0 Å². The van der Waals surface area contributed by atoms with E-state index < -0.39 is 0 Å². The maximum absolute atomic E-state index is 12.4. The van der Waals surface area contributed by atoms with Crippen molar-refractivity contribution in [2.75, 3.05) is 26.2 Å². The van der Waals surface area contributed by atoms with E-state index in [2.05, 4.69) is 16.7 Å². The van der Waals surface area contributed by atoms with Crippen LogP contribution in [0.1, 0.15) is 35.7 Å². The lowest BCUT2D eigenvalue weighted by atomic mass is 10.0. The van der Waals surface area contributed by atoms with Gasteiger partial charge in [-0.3, -0.25) is 14.6 Å². The average molecular weight is 272 g/mol. The van der Waals surface area contributed by atoms with Crippen molar-refractivity contribution in [3.8, 4) is 0 Å². The van der Waals surface area contributed by atoms with E-state index in [0.29, 0.717) is 18.6 Å². The summed E-state index contributed by atoms with van der Waals surface area (Å²) in [6, 6.07) is 9.11. The highest BCUT2D eigenvalue weighted by molar-refractivity contribution is 5.97. The van der Waals surface area contributed by atoms with Crippen LogP contribution in [0.4, 0.5) is 0 Å². The first kappa shape index (κ1) is 13.8. The van der Waals surface area contributed by atoms with Gasteiger partial charge in [0.1, 0.15) is 0 Å². The van der Waals surface area contributed by atoms with Gasteiger partial charge in [-0.2, -0.15) is 0 Å². The quantitative estimate of drug-likeness (QED) is 0.789. The Hall–Kier alpha value is -1.19. The van der Waals surface area contributed by atoms with Gasteiger partial charge >= 0.3 is 0 Å². The molecule has 3 heteroatoms. The number of hydrogen-bond donors (Lipinski definition) is 0. The number of carbonyl (C=O) groups is 1. The lowest BCUT2D eigenvalue weighted by Gasteiger charge is -2.42. The molecule has 0 radical (unpaired) electrons. The summed E-state index contributed by atoms with van der Waals surface area (Å²) >= 11 is 0. The Morgan fingerprint density at radius 1 is 1.35 bits per heavy atom. The molecule has 1 aromatic carbocycles. The van der Waals surface area contributed by atoms with Crippen molar-refractivity contribution < 1.29 is 4.79 Å². The zero-order valence-corrected chi connectivity index (χ0v) is 12.5. The molecule has 0 bridgehead atoms. The van der Waals surface area contributed by atoms with Gasteiger partial charge in [0, 0.05) is 30.7 Å². The van der Waals surface area contributed by atoms with Gasteiger partial charge in [-0.05, 0) is 39.3 Å². The predicted molar refractivity (Wildman–Crippen MR) is 81.1 cm³/mol. The average Bonchev–Trinajstić information content (AvgIpc) is 2.86. The van der Waals surface area contributed by atoms with E-state index in [9.17, 15) is 4.79 Å². The molecule has 0 N–H and O–H groups in total. The van der Waals surface area contributed by atoms with Crippen LogP contribution in [-0.4, -0.2) is 53.8 Å². The predicted octanol–water partition coefficient (Wildman–Crippen LogP) is 2.35. The van der Waals surface area contributed by atoms with E-state index in [-0.39, 0.29) is 5.78 Å². The van der Waals surface area contributed by atoms with Crippen molar-refractivity contribution in [2.24, 2.45) is 0 Å². The smallest absolute Gasteiger partial charge is 0.176 e. The Balaban J connectivity index is 1.66. The molecule has 2 heterocycles. The highest BCUT2D eigenvalue weighted by Gasteiger charge is 2.34. The molecule has 0 aromatic heterocycles. The van der Waals surface area contributed by atoms with E-state index >= 15 is 0 Å². The number of fused-ring (bicyclic) bond motifs is 1. The van der Waals surface area contributed by atoms with Gasteiger partial charge in [-0.1, -0.05) is 23.8 Å². The molecule has 0 aliphatic carbocycles. The number of nitrogens with zero attached hydrogens (tertiary/aromatic N) is 2. The first-order chi connectivity index (χ1) is 9.63. The highest BCUT2D eigenvalue weighted by Crippen LogP contribution is 2.24. The van der Waals surface area contributed by atoms with E-state index in [1.807, 2.05) is 31.2 Å². The van der Waals surface area contributed by atoms with Crippen LogP contribution < -0.4 is 0 Å². The standard InChI is InChI=1S/C17H24N2O/c1-13-5-3-6-15(9-13)17(20)12-19-11-16-7-4-8-18(16)10-14(19)2/h3,5-6,9,14,16H,4,7-8,10-12H2,1-2H3. The Kier molecular flexibility index (Phi) is 3.90. The molecule has 3 nitrogen and oxygen atoms in total. The fourth-order valence-electron chi connectivity index (χ4n) is 3.56. The molecule has 2 aliphatic heterocycles. The maximum Gasteiger partial charge on any atom is 0.176 e. The molecule has 2 aliphatic rings. The summed E-state index contributed by atoms with van der Waals surface area (Å²) < 4.78 is 0. The molecular formula is C17H24N2O. The minimum Gasteiger partial charge on any atom is -0.298 e.